The summed E-state index contributed by atoms with van der Waals surface area (Å²) in [5.74, 6) is 2.98. The molecule has 0 bridgehead atoms. The van der Waals surface area contributed by atoms with Crippen LogP contribution in [0.15, 0.2) is 41.5 Å². The molecule has 0 atom stereocenters. The van der Waals surface area contributed by atoms with Crippen molar-refractivity contribution in [1.82, 2.24) is 19.5 Å². The predicted molar refractivity (Wildman–Crippen MR) is 71.3 cm³/mol. The van der Waals surface area contributed by atoms with Crippen molar-refractivity contribution < 1.29 is 0 Å². The highest BCUT2D eigenvalue weighted by Crippen LogP contribution is 2.04. The first-order chi connectivity index (χ1) is 9.24. The molecule has 0 aliphatic rings. The number of anilines is 1. The number of aromatic amines is 1. The Hall–Kier alpha value is -3.07. The van der Waals surface area contributed by atoms with E-state index in [9.17, 15) is 4.79 Å². The maximum atomic E-state index is 11.8. The van der Waals surface area contributed by atoms with Gasteiger partial charge < -0.3 is 5.73 Å². The molecule has 6 heteroatoms. The van der Waals surface area contributed by atoms with Gasteiger partial charge in [-0.15, -0.1) is 0 Å². The van der Waals surface area contributed by atoms with Gasteiger partial charge in [-0.05, 0) is 18.1 Å². The molecule has 3 rings (SSSR count). The molecule has 0 saturated heterocycles. The number of nitrogens with two attached hydrogens (primary N) is 1. The number of nitrogens with one attached hydrogen (secondary N) is 1. The Kier molecular flexibility index (Phi) is 2.50. The Labute approximate surface area is 107 Å². The van der Waals surface area contributed by atoms with Gasteiger partial charge in [0.25, 0.3) is 5.56 Å². The zero-order valence-electron chi connectivity index (χ0n) is 9.79. The van der Waals surface area contributed by atoms with Crippen LogP contribution in [-0.2, 0) is 0 Å². The van der Waals surface area contributed by atoms with E-state index in [4.69, 9.17) is 5.73 Å². The van der Waals surface area contributed by atoms with Gasteiger partial charge >= 0.3 is 0 Å². The second-order valence-electron chi connectivity index (χ2n) is 3.84. The fraction of sp³-hybridized carbons (Fsp3) is 0. The molecule has 19 heavy (non-hydrogen) atoms. The highest BCUT2D eigenvalue weighted by atomic mass is 16.1. The number of imidazole rings is 1. The molecule has 1 aromatic carbocycles. The van der Waals surface area contributed by atoms with Crippen LogP contribution in [0.3, 0.4) is 0 Å². The first-order valence-corrected chi connectivity index (χ1v) is 5.54. The molecule has 0 radical (unpaired) electrons. The smallest absolute Gasteiger partial charge is 0.279 e. The molecule has 3 aromatic rings. The minimum absolute atomic E-state index is 0.0405. The lowest BCUT2D eigenvalue weighted by atomic mass is 10.2. The Balaban J connectivity index is 2.13. The summed E-state index contributed by atoms with van der Waals surface area (Å²) < 4.78 is 1.44. The van der Waals surface area contributed by atoms with Crippen LogP contribution in [0.25, 0.3) is 11.2 Å². The molecule has 2 heterocycles. The van der Waals surface area contributed by atoms with E-state index in [1.807, 2.05) is 30.3 Å². The molecule has 0 saturated carbocycles. The van der Waals surface area contributed by atoms with Gasteiger partial charge in [-0.1, -0.05) is 18.2 Å². The van der Waals surface area contributed by atoms with E-state index in [2.05, 4.69) is 26.9 Å². The molecule has 0 amide bonds. The summed E-state index contributed by atoms with van der Waals surface area (Å²) in [5, 5.41) is 0. The Morgan fingerprint density at radius 2 is 2.05 bits per heavy atom. The number of H-pyrrole nitrogens is 1. The summed E-state index contributed by atoms with van der Waals surface area (Å²) in [5.41, 5.74) is 6.51. The first-order valence-electron chi connectivity index (χ1n) is 5.54. The number of rotatable bonds is 0. The second-order valence-corrected chi connectivity index (χ2v) is 3.84. The summed E-state index contributed by atoms with van der Waals surface area (Å²) in [6.07, 6.45) is 1.45. The lowest BCUT2D eigenvalue weighted by Crippen LogP contribution is -2.13. The van der Waals surface area contributed by atoms with Crippen LogP contribution < -0.4 is 11.3 Å². The summed E-state index contributed by atoms with van der Waals surface area (Å²) in [4.78, 5) is 22.1. The van der Waals surface area contributed by atoms with Gasteiger partial charge in [-0.25, -0.2) is 9.55 Å². The number of aromatic nitrogens is 4. The highest BCUT2D eigenvalue weighted by molar-refractivity contribution is 5.71. The van der Waals surface area contributed by atoms with Crippen LogP contribution in [0.1, 0.15) is 5.56 Å². The van der Waals surface area contributed by atoms with E-state index >= 15 is 0 Å². The third kappa shape index (κ3) is 2.05. The lowest BCUT2D eigenvalue weighted by Gasteiger charge is -1.93. The van der Waals surface area contributed by atoms with Crippen LogP contribution in [0.4, 0.5) is 5.95 Å². The normalized spacial score (nSPS) is 10.1. The summed E-state index contributed by atoms with van der Waals surface area (Å²) in [7, 11) is 0. The zero-order chi connectivity index (χ0) is 13.2. The molecule has 0 unspecified atom stereocenters. The van der Waals surface area contributed by atoms with Crippen LogP contribution in [-0.4, -0.2) is 19.5 Å². The van der Waals surface area contributed by atoms with Gasteiger partial charge in [-0.3, -0.25) is 9.78 Å². The number of nitrogen functional groups attached to an aromatic ring is 1. The SMILES string of the molecule is Nc1nc2ncn(C#Cc3ccccc3)c2c(=O)[nH]1. The highest BCUT2D eigenvalue weighted by Gasteiger charge is 2.07. The molecule has 92 valence electrons. The molecule has 0 fully saturated rings. The van der Waals surface area contributed by atoms with Crippen LogP contribution >= 0.6 is 0 Å². The van der Waals surface area contributed by atoms with Crippen LogP contribution in [0, 0.1) is 12.0 Å². The number of benzene rings is 1. The molecular formula is C13H9N5O. The maximum absolute atomic E-state index is 11.8. The molecular weight excluding hydrogens is 242 g/mol. The third-order valence-corrected chi connectivity index (χ3v) is 2.53. The van der Waals surface area contributed by atoms with Gasteiger partial charge in [0.15, 0.2) is 11.2 Å². The summed E-state index contributed by atoms with van der Waals surface area (Å²) in [6.45, 7) is 0. The van der Waals surface area contributed by atoms with Crippen molar-refractivity contribution in [1.29, 1.82) is 0 Å². The van der Waals surface area contributed by atoms with Crippen LogP contribution in [0.5, 0.6) is 0 Å². The van der Waals surface area contributed by atoms with E-state index in [0.29, 0.717) is 0 Å². The minimum atomic E-state index is -0.359. The van der Waals surface area contributed by atoms with Crippen molar-refractivity contribution >= 4 is 17.1 Å². The summed E-state index contributed by atoms with van der Waals surface area (Å²) >= 11 is 0. The van der Waals surface area contributed by atoms with Crippen molar-refractivity contribution in [3.8, 4) is 12.0 Å². The number of hydrogen-bond acceptors (Lipinski definition) is 4. The van der Waals surface area contributed by atoms with E-state index in [-0.39, 0.29) is 22.7 Å². The second kappa shape index (κ2) is 4.31. The fourth-order valence-electron chi connectivity index (χ4n) is 1.68. The Morgan fingerprint density at radius 3 is 2.84 bits per heavy atom. The average molecular weight is 251 g/mol. The van der Waals surface area contributed by atoms with Crippen molar-refractivity contribution in [3.63, 3.8) is 0 Å². The molecule has 0 aliphatic heterocycles. The predicted octanol–water partition coefficient (Wildman–Crippen LogP) is 0.559. The minimum Gasteiger partial charge on any atom is -0.369 e. The Bertz CT molecular complexity index is 851. The third-order valence-electron chi connectivity index (χ3n) is 2.53. The maximum Gasteiger partial charge on any atom is 0.279 e. The molecule has 0 spiro atoms. The van der Waals surface area contributed by atoms with Crippen molar-refractivity contribution in [3.05, 3.63) is 52.6 Å². The summed E-state index contributed by atoms with van der Waals surface area (Å²) in [6, 6.07) is 12.3. The monoisotopic (exact) mass is 251 g/mol. The molecule has 0 aliphatic carbocycles. The molecule has 6 nitrogen and oxygen atoms in total. The van der Waals surface area contributed by atoms with Crippen LogP contribution in [0.2, 0.25) is 0 Å². The topological polar surface area (TPSA) is 89.6 Å². The molecule has 3 N–H and O–H groups in total. The first kappa shape index (κ1) is 11.0. The van der Waals surface area contributed by atoms with Crippen molar-refractivity contribution in [2.75, 3.05) is 5.73 Å². The fourth-order valence-corrected chi connectivity index (χ4v) is 1.68. The van der Waals surface area contributed by atoms with E-state index in [0.717, 1.165) is 5.56 Å². The van der Waals surface area contributed by atoms with E-state index in [1.54, 1.807) is 0 Å². The van der Waals surface area contributed by atoms with Gasteiger partial charge in [0.05, 0.1) is 0 Å². The zero-order valence-corrected chi connectivity index (χ0v) is 9.79. The van der Waals surface area contributed by atoms with Gasteiger partial charge in [0, 0.05) is 11.6 Å². The molecule has 2 aromatic heterocycles. The van der Waals surface area contributed by atoms with Gasteiger partial charge in [0.2, 0.25) is 5.95 Å². The number of nitrogens with zero attached hydrogens (tertiary/aromatic N) is 3. The number of hydrogen-bond donors (Lipinski definition) is 2. The largest absolute Gasteiger partial charge is 0.369 e. The standard InChI is InChI=1S/C13H9N5O/c14-13-16-11-10(12(19)17-13)18(8-15-11)7-6-9-4-2-1-3-5-9/h1-5,8H,(H3,14,16,17,19). The average Bonchev–Trinajstić information content (AvgIpc) is 2.81. The van der Waals surface area contributed by atoms with Crippen molar-refractivity contribution in [2.45, 2.75) is 0 Å². The van der Waals surface area contributed by atoms with Gasteiger partial charge in [-0.2, -0.15) is 4.98 Å². The Morgan fingerprint density at radius 1 is 1.26 bits per heavy atom. The number of fused-ring (bicyclic) bond motifs is 1. The van der Waals surface area contributed by atoms with E-state index < -0.39 is 0 Å². The van der Waals surface area contributed by atoms with E-state index in [1.165, 1.54) is 10.9 Å². The quantitative estimate of drug-likeness (QED) is 0.571. The lowest BCUT2D eigenvalue weighted by molar-refractivity contribution is 1.12. The van der Waals surface area contributed by atoms with Crippen molar-refractivity contribution in [2.24, 2.45) is 0 Å². The van der Waals surface area contributed by atoms with Gasteiger partial charge in [0.1, 0.15) is 6.33 Å².